The van der Waals surface area contributed by atoms with Crippen LogP contribution in [0.25, 0.3) is 0 Å². The molecular weight excluding hydrogens is 230 g/mol. The number of anilines is 1. The van der Waals surface area contributed by atoms with Crippen LogP contribution in [0.5, 0.6) is 11.6 Å². The first-order valence-corrected chi connectivity index (χ1v) is 5.85. The summed E-state index contributed by atoms with van der Waals surface area (Å²) in [6, 6.07) is 8.37. The predicted octanol–water partition coefficient (Wildman–Crippen LogP) is 2.02. The van der Waals surface area contributed by atoms with Crippen LogP contribution in [-0.2, 0) is 0 Å². The van der Waals surface area contributed by atoms with E-state index in [9.17, 15) is 4.79 Å². The van der Waals surface area contributed by atoms with Gasteiger partial charge in [0.25, 0.3) is 5.56 Å². The van der Waals surface area contributed by atoms with Crippen molar-refractivity contribution in [3.63, 3.8) is 0 Å². The van der Waals surface area contributed by atoms with Gasteiger partial charge in [0.2, 0.25) is 5.88 Å². The standard InChI is InChI=1S/C13H13N3O2/c14-9-2-1-3-10(6-9)18-12-7-11(17)15-13(16-12)8-4-5-8/h1-3,6-8H,4-5,14H2,(H,15,16,17). The Balaban J connectivity index is 1.90. The number of nitrogens with zero attached hydrogens (tertiary/aromatic N) is 1. The molecule has 0 bridgehead atoms. The molecule has 0 radical (unpaired) electrons. The Kier molecular flexibility index (Phi) is 2.51. The van der Waals surface area contributed by atoms with Gasteiger partial charge in [0.05, 0.1) is 6.07 Å². The van der Waals surface area contributed by atoms with Gasteiger partial charge in [-0.05, 0) is 25.0 Å². The summed E-state index contributed by atoms with van der Waals surface area (Å²) in [6.45, 7) is 0. The molecule has 1 aliphatic carbocycles. The molecule has 3 N–H and O–H groups in total. The summed E-state index contributed by atoms with van der Waals surface area (Å²) in [5.41, 5.74) is 6.08. The molecule has 1 saturated carbocycles. The highest BCUT2D eigenvalue weighted by Gasteiger charge is 2.26. The van der Waals surface area contributed by atoms with E-state index in [1.165, 1.54) is 6.07 Å². The lowest BCUT2D eigenvalue weighted by Crippen LogP contribution is -2.10. The third kappa shape index (κ3) is 2.34. The van der Waals surface area contributed by atoms with Crippen LogP contribution in [0.4, 0.5) is 5.69 Å². The number of nitrogen functional groups attached to an aromatic ring is 1. The number of nitrogens with two attached hydrogens (primary N) is 1. The maximum Gasteiger partial charge on any atom is 0.254 e. The zero-order chi connectivity index (χ0) is 12.5. The molecular formula is C13H13N3O2. The second-order valence-electron chi connectivity index (χ2n) is 4.42. The van der Waals surface area contributed by atoms with Crippen molar-refractivity contribution in [1.29, 1.82) is 0 Å². The van der Waals surface area contributed by atoms with Crippen molar-refractivity contribution < 1.29 is 4.74 Å². The van der Waals surface area contributed by atoms with E-state index in [4.69, 9.17) is 10.5 Å². The number of H-pyrrole nitrogens is 1. The molecule has 1 fully saturated rings. The van der Waals surface area contributed by atoms with Crippen LogP contribution < -0.4 is 16.0 Å². The minimum Gasteiger partial charge on any atom is -0.439 e. The minimum atomic E-state index is -0.189. The zero-order valence-corrected chi connectivity index (χ0v) is 9.72. The highest BCUT2D eigenvalue weighted by molar-refractivity contribution is 5.44. The van der Waals surface area contributed by atoms with E-state index in [1.807, 2.05) is 0 Å². The second kappa shape index (κ2) is 4.18. The fraction of sp³-hybridized carbons (Fsp3) is 0.231. The zero-order valence-electron chi connectivity index (χ0n) is 9.72. The summed E-state index contributed by atoms with van der Waals surface area (Å²) in [6.07, 6.45) is 2.15. The van der Waals surface area contributed by atoms with Gasteiger partial charge in [-0.2, -0.15) is 4.98 Å². The number of hydrogen-bond donors (Lipinski definition) is 2. The third-order valence-electron chi connectivity index (χ3n) is 2.78. The van der Waals surface area contributed by atoms with Gasteiger partial charge in [-0.1, -0.05) is 6.07 Å². The Labute approximate surface area is 104 Å². The van der Waals surface area contributed by atoms with Gasteiger partial charge >= 0.3 is 0 Å². The summed E-state index contributed by atoms with van der Waals surface area (Å²) in [5, 5.41) is 0. The number of rotatable bonds is 3. The van der Waals surface area contributed by atoms with Crippen molar-refractivity contribution >= 4 is 5.69 Å². The molecule has 1 heterocycles. The van der Waals surface area contributed by atoms with E-state index in [0.717, 1.165) is 12.8 Å². The molecule has 5 heteroatoms. The SMILES string of the molecule is Nc1cccc(Oc2cc(=O)[nH]c(C3CC3)n2)c1. The first kappa shape index (κ1) is 10.8. The maximum absolute atomic E-state index is 11.5. The number of nitrogens with one attached hydrogen (secondary N) is 1. The smallest absolute Gasteiger partial charge is 0.254 e. The van der Waals surface area contributed by atoms with E-state index in [0.29, 0.717) is 29.1 Å². The highest BCUT2D eigenvalue weighted by atomic mass is 16.5. The molecule has 2 aromatic rings. The molecule has 5 nitrogen and oxygen atoms in total. The molecule has 0 amide bonds. The van der Waals surface area contributed by atoms with Crippen LogP contribution in [0.15, 0.2) is 35.1 Å². The molecule has 0 aliphatic heterocycles. The normalized spacial score (nSPS) is 14.4. The molecule has 1 aromatic carbocycles. The Bertz CT molecular complexity index is 632. The lowest BCUT2D eigenvalue weighted by molar-refractivity contribution is 0.457. The van der Waals surface area contributed by atoms with Crippen LogP contribution >= 0.6 is 0 Å². The monoisotopic (exact) mass is 243 g/mol. The van der Waals surface area contributed by atoms with Gasteiger partial charge in [-0.3, -0.25) is 4.79 Å². The van der Waals surface area contributed by atoms with Crippen molar-refractivity contribution in [2.75, 3.05) is 5.73 Å². The van der Waals surface area contributed by atoms with Gasteiger partial charge in [0.15, 0.2) is 0 Å². The molecule has 0 saturated heterocycles. The van der Waals surface area contributed by atoms with Crippen LogP contribution in [0, 0.1) is 0 Å². The lowest BCUT2D eigenvalue weighted by atomic mass is 10.3. The number of aromatic nitrogens is 2. The molecule has 18 heavy (non-hydrogen) atoms. The van der Waals surface area contributed by atoms with E-state index in [1.54, 1.807) is 24.3 Å². The predicted molar refractivity (Wildman–Crippen MR) is 67.8 cm³/mol. The Morgan fingerprint density at radius 1 is 1.33 bits per heavy atom. The van der Waals surface area contributed by atoms with Crippen molar-refractivity contribution in [3.05, 3.63) is 46.5 Å². The second-order valence-corrected chi connectivity index (χ2v) is 4.42. The number of aromatic amines is 1. The quantitative estimate of drug-likeness (QED) is 0.808. The molecule has 0 spiro atoms. The van der Waals surface area contributed by atoms with E-state index >= 15 is 0 Å². The van der Waals surface area contributed by atoms with Crippen molar-refractivity contribution in [2.45, 2.75) is 18.8 Å². The van der Waals surface area contributed by atoms with Gasteiger partial charge in [-0.15, -0.1) is 0 Å². The van der Waals surface area contributed by atoms with Crippen LogP contribution in [0.2, 0.25) is 0 Å². The summed E-state index contributed by atoms with van der Waals surface area (Å²) < 4.78 is 5.55. The summed E-state index contributed by atoms with van der Waals surface area (Å²) >= 11 is 0. The van der Waals surface area contributed by atoms with Crippen LogP contribution in [0.3, 0.4) is 0 Å². The topological polar surface area (TPSA) is 81.0 Å². The molecule has 3 rings (SSSR count). The number of benzene rings is 1. The van der Waals surface area contributed by atoms with Crippen molar-refractivity contribution in [3.8, 4) is 11.6 Å². The summed E-state index contributed by atoms with van der Waals surface area (Å²) in [5.74, 6) is 1.98. The summed E-state index contributed by atoms with van der Waals surface area (Å²) in [4.78, 5) is 18.5. The first-order chi connectivity index (χ1) is 8.70. The minimum absolute atomic E-state index is 0.189. The number of hydrogen-bond acceptors (Lipinski definition) is 4. The summed E-state index contributed by atoms with van der Waals surface area (Å²) in [7, 11) is 0. The molecule has 0 atom stereocenters. The molecule has 92 valence electrons. The number of ether oxygens (including phenoxy) is 1. The Morgan fingerprint density at radius 3 is 2.89 bits per heavy atom. The molecule has 1 aliphatic rings. The van der Waals surface area contributed by atoms with Gasteiger partial charge in [0, 0.05) is 17.7 Å². The van der Waals surface area contributed by atoms with Gasteiger partial charge in [-0.25, -0.2) is 0 Å². The van der Waals surface area contributed by atoms with E-state index < -0.39 is 0 Å². The van der Waals surface area contributed by atoms with Crippen molar-refractivity contribution in [2.24, 2.45) is 0 Å². The third-order valence-corrected chi connectivity index (χ3v) is 2.78. The van der Waals surface area contributed by atoms with Gasteiger partial charge in [0.1, 0.15) is 11.6 Å². The van der Waals surface area contributed by atoms with E-state index in [-0.39, 0.29) is 5.56 Å². The maximum atomic E-state index is 11.5. The van der Waals surface area contributed by atoms with Crippen LogP contribution in [0.1, 0.15) is 24.6 Å². The highest BCUT2D eigenvalue weighted by Crippen LogP contribution is 2.38. The van der Waals surface area contributed by atoms with Crippen LogP contribution in [-0.4, -0.2) is 9.97 Å². The molecule has 0 unspecified atom stereocenters. The average Bonchev–Trinajstić information content (AvgIpc) is 3.11. The molecule has 1 aromatic heterocycles. The van der Waals surface area contributed by atoms with Crippen molar-refractivity contribution in [1.82, 2.24) is 9.97 Å². The fourth-order valence-electron chi connectivity index (χ4n) is 1.75. The first-order valence-electron chi connectivity index (χ1n) is 5.85. The largest absolute Gasteiger partial charge is 0.439 e. The van der Waals surface area contributed by atoms with E-state index in [2.05, 4.69) is 9.97 Å². The lowest BCUT2D eigenvalue weighted by Gasteiger charge is -2.06. The van der Waals surface area contributed by atoms with Gasteiger partial charge < -0.3 is 15.5 Å². The fourth-order valence-corrected chi connectivity index (χ4v) is 1.75. The Morgan fingerprint density at radius 2 is 2.17 bits per heavy atom. The Hall–Kier alpha value is -2.30. The average molecular weight is 243 g/mol.